The van der Waals surface area contributed by atoms with Crippen LogP contribution in [0.2, 0.25) is 0 Å². The van der Waals surface area contributed by atoms with Crippen LogP contribution in [0.1, 0.15) is 18.1 Å². The predicted octanol–water partition coefficient (Wildman–Crippen LogP) is 0.852. The molecule has 1 aliphatic rings. The first-order chi connectivity index (χ1) is 11.6. The monoisotopic (exact) mass is 326 g/mol. The van der Waals surface area contributed by atoms with E-state index in [1.807, 2.05) is 11.0 Å². The van der Waals surface area contributed by atoms with Crippen LogP contribution in [0.5, 0.6) is 0 Å². The van der Waals surface area contributed by atoms with Crippen LogP contribution in [-0.2, 0) is 9.59 Å². The standard InChI is InChI=1S/C18H22N4O2/c1-15(23)22-11-9-21(10-12-22)8-7-20-18(24)6-5-16-3-2-4-17(13-16)14-19/h2-6,13H,7-12H2,1H3,(H,20,24)/b6-5+. The molecule has 0 saturated carbocycles. The van der Waals surface area contributed by atoms with Gasteiger partial charge >= 0.3 is 0 Å². The number of piperazine rings is 1. The van der Waals surface area contributed by atoms with Gasteiger partial charge in [0.05, 0.1) is 11.6 Å². The van der Waals surface area contributed by atoms with E-state index >= 15 is 0 Å². The van der Waals surface area contributed by atoms with Crippen molar-refractivity contribution in [3.05, 3.63) is 41.5 Å². The summed E-state index contributed by atoms with van der Waals surface area (Å²) in [7, 11) is 0. The number of carbonyl (C=O) groups excluding carboxylic acids is 2. The van der Waals surface area contributed by atoms with Gasteiger partial charge in [-0.25, -0.2) is 0 Å². The molecule has 2 rings (SSSR count). The van der Waals surface area contributed by atoms with Crippen LogP contribution in [0.25, 0.3) is 6.08 Å². The van der Waals surface area contributed by atoms with Crippen molar-refractivity contribution in [3.63, 3.8) is 0 Å². The largest absolute Gasteiger partial charge is 0.351 e. The first-order valence-corrected chi connectivity index (χ1v) is 8.02. The Balaban J connectivity index is 1.69. The molecule has 6 nitrogen and oxygen atoms in total. The lowest BCUT2D eigenvalue weighted by Crippen LogP contribution is -2.49. The summed E-state index contributed by atoms with van der Waals surface area (Å²) in [6.07, 6.45) is 3.17. The van der Waals surface area contributed by atoms with Crippen molar-refractivity contribution >= 4 is 17.9 Å². The van der Waals surface area contributed by atoms with E-state index in [1.54, 1.807) is 31.2 Å². The number of carbonyl (C=O) groups is 2. The molecule has 0 atom stereocenters. The van der Waals surface area contributed by atoms with Crippen LogP contribution >= 0.6 is 0 Å². The second kappa shape index (κ2) is 8.85. The zero-order valence-electron chi connectivity index (χ0n) is 13.9. The first kappa shape index (κ1) is 17.7. The highest BCUT2D eigenvalue weighted by molar-refractivity contribution is 5.91. The Bertz CT molecular complexity index is 655. The molecule has 1 fully saturated rings. The number of hydrogen-bond acceptors (Lipinski definition) is 4. The summed E-state index contributed by atoms with van der Waals surface area (Å²) >= 11 is 0. The van der Waals surface area contributed by atoms with Crippen LogP contribution in [0.4, 0.5) is 0 Å². The number of rotatable bonds is 5. The molecule has 1 saturated heterocycles. The quantitative estimate of drug-likeness (QED) is 0.814. The van der Waals surface area contributed by atoms with Crippen LogP contribution in [0.3, 0.4) is 0 Å². The van der Waals surface area contributed by atoms with Crippen LogP contribution in [-0.4, -0.2) is 60.9 Å². The summed E-state index contributed by atoms with van der Waals surface area (Å²) in [5.41, 5.74) is 1.40. The highest BCUT2D eigenvalue weighted by Gasteiger charge is 2.17. The lowest BCUT2D eigenvalue weighted by Gasteiger charge is -2.34. The van der Waals surface area contributed by atoms with Gasteiger partial charge in [0, 0.05) is 52.3 Å². The lowest BCUT2D eigenvalue weighted by molar-refractivity contribution is -0.130. The zero-order valence-corrected chi connectivity index (χ0v) is 13.9. The molecule has 0 unspecified atom stereocenters. The highest BCUT2D eigenvalue weighted by Crippen LogP contribution is 2.06. The summed E-state index contributed by atoms with van der Waals surface area (Å²) < 4.78 is 0. The SMILES string of the molecule is CC(=O)N1CCN(CCNC(=O)/C=C/c2cccc(C#N)c2)CC1. The minimum atomic E-state index is -0.153. The van der Waals surface area contributed by atoms with Gasteiger partial charge in [-0.15, -0.1) is 0 Å². The number of hydrogen-bond donors (Lipinski definition) is 1. The van der Waals surface area contributed by atoms with Crippen LogP contribution in [0.15, 0.2) is 30.3 Å². The van der Waals surface area contributed by atoms with Gasteiger partial charge in [0.15, 0.2) is 0 Å². The molecule has 2 amide bonds. The van der Waals surface area contributed by atoms with Crippen molar-refractivity contribution in [2.24, 2.45) is 0 Å². The fourth-order valence-electron chi connectivity index (χ4n) is 2.57. The summed E-state index contributed by atoms with van der Waals surface area (Å²) in [5, 5.41) is 11.7. The third kappa shape index (κ3) is 5.52. The van der Waals surface area contributed by atoms with Gasteiger partial charge in [0.2, 0.25) is 11.8 Å². The van der Waals surface area contributed by atoms with Crippen molar-refractivity contribution < 1.29 is 9.59 Å². The number of benzene rings is 1. The van der Waals surface area contributed by atoms with E-state index in [0.717, 1.165) is 38.3 Å². The molecular weight excluding hydrogens is 304 g/mol. The summed E-state index contributed by atoms with van der Waals surface area (Å²) in [6.45, 7) is 6.11. The first-order valence-electron chi connectivity index (χ1n) is 8.02. The molecule has 0 aromatic heterocycles. The summed E-state index contributed by atoms with van der Waals surface area (Å²) in [5.74, 6) is -0.0340. The van der Waals surface area contributed by atoms with Crippen molar-refractivity contribution in [2.45, 2.75) is 6.92 Å². The third-order valence-electron chi connectivity index (χ3n) is 3.99. The maximum Gasteiger partial charge on any atom is 0.244 e. The molecule has 1 aromatic carbocycles. The van der Waals surface area contributed by atoms with E-state index in [2.05, 4.69) is 16.3 Å². The minimum absolute atomic E-state index is 0.119. The van der Waals surface area contributed by atoms with Crippen molar-refractivity contribution in [3.8, 4) is 6.07 Å². The Morgan fingerprint density at radius 3 is 2.71 bits per heavy atom. The normalized spacial score (nSPS) is 15.2. The highest BCUT2D eigenvalue weighted by atomic mass is 16.2. The number of nitrogens with one attached hydrogen (secondary N) is 1. The molecule has 0 spiro atoms. The van der Waals surface area contributed by atoms with E-state index in [-0.39, 0.29) is 11.8 Å². The number of amides is 2. The summed E-state index contributed by atoms with van der Waals surface area (Å²) in [6, 6.07) is 9.17. The Labute approximate surface area is 142 Å². The fraction of sp³-hybridized carbons (Fsp3) is 0.389. The van der Waals surface area contributed by atoms with Gasteiger partial charge in [-0.2, -0.15) is 5.26 Å². The van der Waals surface area contributed by atoms with Gasteiger partial charge in [0.25, 0.3) is 0 Å². The molecular formula is C18H22N4O2. The number of nitriles is 1. The van der Waals surface area contributed by atoms with E-state index in [0.29, 0.717) is 12.1 Å². The number of nitrogens with zero attached hydrogens (tertiary/aromatic N) is 3. The van der Waals surface area contributed by atoms with E-state index < -0.39 is 0 Å². The summed E-state index contributed by atoms with van der Waals surface area (Å²) in [4.78, 5) is 27.2. The lowest BCUT2D eigenvalue weighted by atomic mass is 10.1. The molecule has 1 aromatic rings. The fourth-order valence-corrected chi connectivity index (χ4v) is 2.57. The maximum absolute atomic E-state index is 11.8. The van der Waals surface area contributed by atoms with Gasteiger partial charge in [-0.1, -0.05) is 12.1 Å². The van der Waals surface area contributed by atoms with Crippen molar-refractivity contribution in [1.82, 2.24) is 15.1 Å². The topological polar surface area (TPSA) is 76.4 Å². The van der Waals surface area contributed by atoms with Gasteiger partial charge < -0.3 is 10.2 Å². The molecule has 1 aliphatic heterocycles. The molecule has 6 heteroatoms. The van der Waals surface area contributed by atoms with Crippen LogP contribution in [0, 0.1) is 11.3 Å². The van der Waals surface area contributed by atoms with E-state index in [1.165, 1.54) is 6.08 Å². The molecule has 1 N–H and O–H groups in total. The molecule has 0 aliphatic carbocycles. The molecule has 24 heavy (non-hydrogen) atoms. The molecule has 126 valence electrons. The van der Waals surface area contributed by atoms with Gasteiger partial charge in [0.1, 0.15) is 0 Å². The zero-order chi connectivity index (χ0) is 17.4. The van der Waals surface area contributed by atoms with Crippen molar-refractivity contribution in [1.29, 1.82) is 5.26 Å². The van der Waals surface area contributed by atoms with Gasteiger partial charge in [-0.3, -0.25) is 14.5 Å². The Morgan fingerprint density at radius 1 is 1.29 bits per heavy atom. The smallest absolute Gasteiger partial charge is 0.244 e. The predicted molar refractivity (Wildman–Crippen MR) is 91.9 cm³/mol. The molecule has 0 bridgehead atoms. The Hall–Kier alpha value is -2.65. The average Bonchev–Trinajstić information content (AvgIpc) is 2.60. The van der Waals surface area contributed by atoms with Gasteiger partial charge in [-0.05, 0) is 23.8 Å². The van der Waals surface area contributed by atoms with Crippen molar-refractivity contribution in [2.75, 3.05) is 39.3 Å². The Kier molecular flexibility index (Phi) is 6.52. The Morgan fingerprint density at radius 2 is 2.04 bits per heavy atom. The van der Waals surface area contributed by atoms with Crippen LogP contribution < -0.4 is 5.32 Å². The average molecular weight is 326 g/mol. The molecule has 0 radical (unpaired) electrons. The maximum atomic E-state index is 11.8. The second-order valence-corrected chi connectivity index (χ2v) is 5.71. The minimum Gasteiger partial charge on any atom is -0.351 e. The molecule has 1 heterocycles. The third-order valence-corrected chi connectivity index (χ3v) is 3.99. The van der Waals surface area contributed by atoms with E-state index in [4.69, 9.17) is 5.26 Å². The second-order valence-electron chi connectivity index (χ2n) is 5.71. The van der Waals surface area contributed by atoms with E-state index in [9.17, 15) is 9.59 Å².